The highest BCUT2D eigenvalue weighted by molar-refractivity contribution is 7.20. The molecule has 1 fully saturated rings. The number of nitrogens with zero attached hydrogens (tertiary/aromatic N) is 4. The van der Waals surface area contributed by atoms with Crippen molar-refractivity contribution in [1.29, 1.82) is 0 Å². The number of fused-ring (bicyclic) bond motifs is 1. The van der Waals surface area contributed by atoms with Crippen molar-refractivity contribution in [2.75, 3.05) is 37.5 Å². The van der Waals surface area contributed by atoms with Crippen molar-refractivity contribution in [3.8, 4) is 11.5 Å². The number of rotatable bonds is 6. The molecule has 1 unspecified atom stereocenters. The van der Waals surface area contributed by atoms with Gasteiger partial charge in [-0.05, 0) is 19.3 Å². The lowest BCUT2D eigenvalue weighted by atomic mass is 10.1. The molecule has 4 rings (SSSR count). The number of methoxy groups -OCH3 is 2. The summed E-state index contributed by atoms with van der Waals surface area (Å²) in [6.45, 7) is 3.71. The Morgan fingerprint density at radius 3 is 2.66 bits per heavy atom. The molecule has 3 aromatic rings. The van der Waals surface area contributed by atoms with Gasteiger partial charge in [-0.15, -0.1) is 5.10 Å². The Hall–Kier alpha value is -2.81. The maximum Gasteiger partial charge on any atom is 0.275 e. The van der Waals surface area contributed by atoms with Crippen molar-refractivity contribution in [3.05, 3.63) is 40.3 Å². The highest BCUT2D eigenvalue weighted by atomic mass is 32.1. The number of nitrogens with one attached hydrogen (secondary N) is 1. The Kier molecular flexibility index (Phi) is 5.57. The van der Waals surface area contributed by atoms with Crippen molar-refractivity contribution < 1.29 is 9.47 Å². The van der Waals surface area contributed by atoms with Gasteiger partial charge in [-0.25, -0.2) is 4.98 Å². The van der Waals surface area contributed by atoms with Crippen LogP contribution >= 0.6 is 11.3 Å². The third-order valence-corrected chi connectivity index (χ3v) is 6.03. The van der Waals surface area contributed by atoms with E-state index in [0.29, 0.717) is 4.96 Å². The summed E-state index contributed by atoms with van der Waals surface area (Å²) in [7, 11) is 3.29. The lowest BCUT2D eigenvalue weighted by Gasteiger charge is -2.33. The van der Waals surface area contributed by atoms with Crippen molar-refractivity contribution >= 4 is 27.1 Å². The third-order valence-electron chi connectivity index (χ3n) is 5.06. The van der Waals surface area contributed by atoms with Gasteiger partial charge in [0, 0.05) is 54.8 Å². The summed E-state index contributed by atoms with van der Waals surface area (Å²) in [5, 5.41) is 8.94. The molecule has 0 aliphatic carbocycles. The lowest BCUT2D eigenvalue weighted by Crippen LogP contribution is -2.42. The molecule has 0 bridgehead atoms. The minimum absolute atomic E-state index is 0.121. The SMILES string of the molecule is CCc1cc(=O)n2nc(N3CCCC(Nc4cc(OC)cc(OC)c4)C3)sc2n1. The van der Waals surface area contributed by atoms with Crippen LogP contribution in [0.25, 0.3) is 4.96 Å². The largest absolute Gasteiger partial charge is 0.497 e. The molecule has 1 N–H and O–H groups in total. The van der Waals surface area contributed by atoms with Gasteiger partial charge in [0.05, 0.1) is 14.2 Å². The van der Waals surface area contributed by atoms with Crippen LogP contribution in [0.4, 0.5) is 10.8 Å². The summed E-state index contributed by atoms with van der Waals surface area (Å²) in [6, 6.07) is 7.61. The first-order chi connectivity index (χ1) is 14.1. The van der Waals surface area contributed by atoms with Crippen LogP contribution in [0.3, 0.4) is 0 Å². The minimum Gasteiger partial charge on any atom is -0.497 e. The number of hydrogen-bond donors (Lipinski definition) is 1. The molecule has 0 amide bonds. The fraction of sp³-hybridized carbons (Fsp3) is 0.450. The summed E-state index contributed by atoms with van der Waals surface area (Å²) >= 11 is 1.47. The van der Waals surface area contributed by atoms with E-state index in [1.807, 2.05) is 25.1 Å². The number of anilines is 2. The van der Waals surface area contributed by atoms with Gasteiger partial charge in [0.1, 0.15) is 11.5 Å². The topological polar surface area (TPSA) is 81.0 Å². The van der Waals surface area contributed by atoms with Crippen LogP contribution in [-0.4, -0.2) is 47.9 Å². The Bertz CT molecular complexity index is 1040. The van der Waals surface area contributed by atoms with Gasteiger partial charge < -0.3 is 19.7 Å². The molecule has 8 nitrogen and oxygen atoms in total. The molecular formula is C20H25N5O3S. The molecule has 154 valence electrons. The first kappa shape index (κ1) is 19.5. The summed E-state index contributed by atoms with van der Waals surface area (Å²) < 4.78 is 12.1. The zero-order valence-corrected chi connectivity index (χ0v) is 17.7. The number of aromatic nitrogens is 3. The van der Waals surface area contributed by atoms with Crippen molar-refractivity contribution in [1.82, 2.24) is 14.6 Å². The molecule has 2 aromatic heterocycles. The van der Waals surface area contributed by atoms with Gasteiger partial charge in [0.15, 0.2) is 0 Å². The zero-order chi connectivity index (χ0) is 20.4. The first-order valence-electron chi connectivity index (χ1n) is 9.74. The van der Waals surface area contributed by atoms with E-state index >= 15 is 0 Å². The number of benzene rings is 1. The predicted molar refractivity (Wildman–Crippen MR) is 115 cm³/mol. The van der Waals surface area contributed by atoms with E-state index in [4.69, 9.17) is 9.47 Å². The molecule has 1 aliphatic heterocycles. The van der Waals surface area contributed by atoms with E-state index in [9.17, 15) is 4.79 Å². The highest BCUT2D eigenvalue weighted by Gasteiger charge is 2.23. The maximum atomic E-state index is 12.3. The Labute approximate surface area is 173 Å². The Morgan fingerprint density at radius 1 is 1.21 bits per heavy atom. The normalized spacial score (nSPS) is 16.8. The van der Waals surface area contributed by atoms with Crippen LogP contribution in [0, 0.1) is 0 Å². The molecule has 3 heterocycles. The summed E-state index contributed by atoms with van der Waals surface area (Å²) in [4.78, 5) is 19.7. The predicted octanol–water partition coefficient (Wildman–Crippen LogP) is 2.81. The van der Waals surface area contributed by atoms with Gasteiger partial charge in [-0.2, -0.15) is 4.52 Å². The Balaban J connectivity index is 1.54. The molecule has 0 spiro atoms. The second-order valence-corrected chi connectivity index (χ2v) is 7.98. The number of ether oxygens (including phenoxy) is 2. The van der Waals surface area contributed by atoms with Crippen molar-refractivity contribution in [2.45, 2.75) is 32.2 Å². The van der Waals surface area contributed by atoms with Crippen LogP contribution in [0.1, 0.15) is 25.5 Å². The van der Waals surface area contributed by atoms with Crippen molar-refractivity contribution in [2.24, 2.45) is 0 Å². The molecule has 29 heavy (non-hydrogen) atoms. The van der Waals surface area contributed by atoms with Crippen LogP contribution in [0.15, 0.2) is 29.1 Å². The molecule has 1 saturated heterocycles. The highest BCUT2D eigenvalue weighted by Crippen LogP contribution is 2.29. The van der Waals surface area contributed by atoms with Crippen LogP contribution in [0.2, 0.25) is 0 Å². The number of aryl methyl sites for hydroxylation is 1. The van der Waals surface area contributed by atoms with Gasteiger partial charge in [-0.3, -0.25) is 4.79 Å². The molecule has 1 aliphatic rings. The second kappa shape index (κ2) is 8.28. The van der Waals surface area contributed by atoms with E-state index in [-0.39, 0.29) is 11.6 Å². The quantitative estimate of drug-likeness (QED) is 0.663. The van der Waals surface area contributed by atoms with Gasteiger partial charge in [0.2, 0.25) is 10.1 Å². The standard InChI is InChI=1S/C20H25N5O3S/c1-4-13-10-18(26)25-19(22-13)29-20(23-25)24-7-5-6-14(12-24)21-15-8-16(27-2)11-17(9-15)28-3/h8-11,14,21H,4-7,12H2,1-3H3. The number of piperidine rings is 1. The average Bonchev–Trinajstić information content (AvgIpc) is 3.18. The summed E-state index contributed by atoms with van der Waals surface area (Å²) in [5.41, 5.74) is 1.64. The minimum atomic E-state index is -0.121. The molecule has 0 saturated carbocycles. The molecule has 0 radical (unpaired) electrons. The summed E-state index contributed by atoms with van der Waals surface area (Å²) in [6.07, 6.45) is 2.83. The van der Waals surface area contributed by atoms with Crippen LogP contribution < -0.4 is 25.2 Å². The maximum absolute atomic E-state index is 12.3. The van der Waals surface area contributed by atoms with E-state index in [1.54, 1.807) is 20.3 Å². The monoisotopic (exact) mass is 415 g/mol. The van der Waals surface area contributed by atoms with Crippen molar-refractivity contribution in [3.63, 3.8) is 0 Å². The summed E-state index contributed by atoms with van der Waals surface area (Å²) in [5.74, 6) is 1.51. The van der Waals surface area contributed by atoms with Crippen LogP contribution in [0.5, 0.6) is 11.5 Å². The van der Waals surface area contributed by atoms with E-state index in [0.717, 1.165) is 60.4 Å². The number of hydrogen-bond acceptors (Lipinski definition) is 8. The van der Waals surface area contributed by atoms with Gasteiger partial charge in [-0.1, -0.05) is 18.3 Å². The molecule has 9 heteroatoms. The van der Waals surface area contributed by atoms with Gasteiger partial charge >= 0.3 is 0 Å². The fourth-order valence-electron chi connectivity index (χ4n) is 3.55. The molecule has 1 atom stereocenters. The van der Waals surface area contributed by atoms with E-state index < -0.39 is 0 Å². The fourth-order valence-corrected chi connectivity index (χ4v) is 4.51. The second-order valence-electron chi connectivity index (χ2n) is 7.05. The third kappa shape index (κ3) is 4.14. The van der Waals surface area contributed by atoms with Crippen LogP contribution in [-0.2, 0) is 6.42 Å². The Morgan fingerprint density at radius 2 is 1.97 bits per heavy atom. The van der Waals surface area contributed by atoms with Gasteiger partial charge in [0.25, 0.3) is 5.56 Å². The molecular weight excluding hydrogens is 390 g/mol. The van der Waals surface area contributed by atoms with E-state index in [1.165, 1.54) is 15.9 Å². The van der Waals surface area contributed by atoms with E-state index in [2.05, 4.69) is 20.3 Å². The molecule has 1 aromatic carbocycles. The zero-order valence-electron chi connectivity index (χ0n) is 16.8. The first-order valence-corrected chi connectivity index (χ1v) is 10.6. The smallest absolute Gasteiger partial charge is 0.275 e. The lowest BCUT2D eigenvalue weighted by molar-refractivity contribution is 0.394. The average molecular weight is 416 g/mol.